The number of hydrogen-bond donors (Lipinski definition) is 2. The van der Waals surface area contributed by atoms with Crippen LogP contribution in [0.3, 0.4) is 0 Å². The Kier molecular flexibility index (Phi) is 3.55. The van der Waals surface area contributed by atoms with Gasteiger partial charge in [0.15, 0.2) is 0 Å². The van der Waals surface area contributed by atoms with Gasteiger partial charge in [-0.3, -0.25) is 4.79 Å². The van der Waals surface area contributed by atoms with Crippen molar-refractivity contribution >= 4 is 11.7 Å². The highest BCUT2D eigenvalue weighted by Gasteiger charge is 2.45. The molecule has 2 N–H and O–H groups in total. The van der Waals surface area contributed by atoms with E-state index in [1.807, 2.05) is 19.1 Å². The van der Waals surface area contributed by atoms with Gasteiger partial charge in [0, 0.05) is 13.1 Å². The Morgan fingerprint density at radius 1 is 1.50 bits per heavy atom. The molecule has 1 atom stereocenters. The van der Waals surface area contributed by atoms with Crippen molar-refractivity contribution in [2.24, 2.45) is 11.3 Å². The summed E-state index contributed by atoms with van der Waals surface area (Å²) in [6.07, 6.45) is 1.19. The van der Waals surface area contributed by atoms with Crippen LogP contribution in [-0.4, -0.2) is 24.0 Å². The first-order valence-electron chi connectivity index (χ1n) is 6.52. The van der Waals surface area contributed by atoms with E-state index in [0.29, 0.717) is 17.0 Å². The zero-order valence-electron chi connectivity index (χ0n) is 11.3. The van der Waals surface area contributed by atoms with Crippen molar-refractivity contribution < 1.29 is 4.79 Å². The minimum atomic E-state index is -0.0857. The number of nitrogens with one attached hydrogen (secondary N) is 2. The third-order valence-corrected chi connectivity index (χ3v) is 3.57. The summed E-state index contributed by atoms with van der Waals surface area (Å²) in [7, 11) is 0. The lowest BCUT2D eigenvalue weighted by Gasteiger charge is -2.07. The lowest BCUT2D eigenvalue weighted by Crippen LogP contribution is -2.27. The topological polar surface area (TPSA) is 54.0 Å². The van der Waals surface area contributed by atoms with Crippen molar-refractivity contribution in [1.29, 1.82) is 0 Å². The predicted octanol–water partition coefficient (Wildman–Crippen LogP) is 2.29. The zero-order chi connectivity index (χ0) is 13.2. The molecule has 1 fully saturated rings. The van der Waals surface area contributed by atoms with Gasteiger partial charge < -0.3 is 10.6 Å². The number of pyridine rings is 1. The van der Waals surface area contributed by atoms with Crippen LogP contribution < -0.4 is 10.6 Å². The maximum Gasteiger partial charge on any atom is 0.269 e. The van der Waals surface area contributed by atoms with E-state index in [2.05, 4.69) is 29.5 Å². The molecular formula is C14H21N3O. The number of carbonyl (C=O) groups is 1. The molecule has 1 heterocycles. The van der Waals surface area contributed by atoms with E-state index in [4.69, 9.17) is 0 Å². The molecule has 4 heteroatoms. The first-order chi connectivity index (χ1) is 8.53. The number of nitrogens with zero attached hydrogens (tertiary/aromatic N) is 1. The monoisotopic (exact) mass is 247 g/mol. The van der Waals surface area contributed by atoms with Crippen molar-refractivity contribution in [2.45, 2.75) is 27.2 Å². The molecule has 0 aromatic carbocycles. The third-order valence-electron chi connectivity index (χ3n) is 3.57. The first kappa shape index (κ1) is 12.9. The number of carbonyl (C=O) groups excluding carboxylic acids is 1. The van der Waals surface area contributed by atoms with Gasteiger partial charge >= 0.3 is 0 Å². The van der Waals surface area contributed by atoms with Gasteiger partial charge in [-0.2, -0.15) is 0 Å². The largest absolute Gasteiger partial charge is 0.370 e. The molecule has 0 radical (unpaired) electrons. The van der Waals surface area contributed by atoms with Crippen LogP contribution in [0.25, 0.3) is 0 Å². The Morgan fingerprint density at radius 3 is 2.83 bits per heavy atom. The standard InChI is InChI=1S/C14H21N3O/c1-4-15-12-7-5-6-11(17-12)13(18)16-9-10-8-14(10,2)3/h5-7,10H,4,8-9H2,1-3H3,(H,15,17)(H,16,18). The van der Waals surface area contributed by atoms with Crippen LogP contribution in [0.1, 0.15) is 37.7 Å². The molecule has 0 spiro atoms. The normalized spacial score (nSPS) is 20.3. The third kappa shape index (κ3) is 3.00. The van der Waals surface area contributed by atoms with Crippen molar-refractivity contribution in [3.8, 4) is 0 Å². The van der Waals surface area contributed by atoms with E-state index in [1.165, 1.54) is 6.42 Å². The van der Waals surface area contributed by atoms with Gasteiger partial charge in [-0.15, -0.1) is 0 Å². The molecule has 0 saturated heterocycles. The predicted molar refractivity (Wildman–Crippen MR) is 72.6 cm³/mol. The maximum absolute atomic E-state index is 11.9. The average Bonchev–Trinajstić information content (AvgIpc) is 2.95. The van der Waals surface area contributed by atoms with Gasteiger partial charge in [-0.1, -0.05) is 19.9 Å². The van der Waals surface area contributed by atoms with E-state index < -0.39 is 0 Å². The van der Waals surface area contributed by atoms with Gasteiger partial charge in [0.05, 0.1) is 0 Å². The van der Waals surface area contributed by atoms with E-state index >= 15 is 0 Å². The van der Waals surface area contributed by atoms with E-state index in [-0.39, 0.29) is 5.91 Å². The summed E-state index contributed by atoms with van der Waals surface area (Å²) in [6.45, 7) is 8.01. The summed E-state index contributed by atoms with van der Waals surface area (Å²) in [5, 5.41) is 6.06. The smallest absolute Gasteiger partial charge is 0.269 e. The van der Waals surface area contributed by atoms with E-state index in [0.717, 1.165) is 18.9 Å². The van der Waals surface area contributed by atoms with Gasteiger partial charge in [-0.05, 0) is 36.8 Å². The van der Waals surface area contributed by atoms with E-state index in [9.17, 15) is 4.79 Å². The second-order valence-corrected chi connectivity index (χ2v) is 5.54. The van der Waals surface area contributed by atoms with Crippen LogP contribution in [0.15, 0.2) is 18.2 Å². The second kappa shape index (κ2) is 4.96. The van der Waals surface area contributed by atoms with Gasteiger partial charge in [0.2, 0.25) is 0 Å². The minimum absolute atomic E-state index is 0.0857. The van der Waals surface area contributed by atoms with Crippen molar-refractivity contribution in [2.75, 3.05) is 18.4 Å². The summed E-state index contributed by atoms with van der Waals surface area (Å²) < 4.78 is 0. The summed E-state index contributed by atoms with van der Waals surface area (Å²) in [5.41, 5.74) is 0.874. The molecule has 1 unspecified atom stereocenters. The fraction of sp³-hybridized carbons (Fsp3) is 0.571. The Hall–Kier alpha value is -1.58. The molecule has 4 nitrogen and oxygen atoms in total. The summed E-state index contributed by atoms with van der Waals surface area (Å²) >= 11 is 0. The van der Waals surface area contributed by atoms with Crippen LogP contribution in [0.5, 0.6) is 0 Å². The molecular weight excluding hydrogens is 226 g/mol. The Balaban J connectivity index is 1.90. The zero-order valence-corrected chi connectivity index (χ0v) is 11.3. The van der Waals surface area contributed by atoms with Crippen LogP contribution in [0, 0.1) is 11.3 Å². The second-order valence-electron chi connectivity index (χ2n) is 5.54. The Labute approximate surface area is 108 Å². The molecule has 18 heavy (non-hydrogen) atoms. The van der Waals surface area contributed by atoms with Gasteiger partial charge in [-0.25, -0.2) is 4.98 Å². The van der Waals surface area contributed by atoms with Gasteiger partial charge in [0.25, 0.3) is 5.91 Å². The SMILES string of the molecule is CCNc1cccc(C(=O)NCC2CC2(C)C)n1. The molecule has 98 valence electrons. The number of aromatic nitrogens is 1. The molecule has 1 aromatic heterocycles. The van der Waals surface area contributed by atoms with E-state index in [1.54, 1.807) is 6.07 Å². The molecule has 1 aromatic rings. The average molecular weight is 247 g/mol. The molecule has 1 amide bonds. The summed E-state index contributed by atoms with van der Waals surface area (Å²) in [6, 6.07) is 5.46. The summed E-state index contributed by atoms with van der Waals surface area (Å²) in [4.78, 5) is 16.2. The van der Waals surface area contributed by atoms with Crippen molar-refractivity contribution in [3.05, 3.63) is 23.9 Å². The number of hydrogen-bond acceptors (Lipinski definition) is 3. The maximum atomic E-state index is 11.9. The number of anilines is 1. The lowest BCUT2D eigenvalue weighted by molar-refractivity contribution is 0.0945. The minimum Gasteiger partial charge on any atom is -0.370 e. The van der Waals surface area contributed by atoms with Crippen molar-refractivity contribution in [3.63, 3.8) is 0 Å². The first-order valence-corrected chi connectivity index (χ1v) is 6.52. The fourth-order valence-electron chi connectivity index (χ4n) is 2.07. The molecule has 0 aliphatic heterocycles. The lowest BCUT2D eigenvalue weighted by atomic mass is 10.1. The Morgan fingerprint density at radius 2 is 2.22 bits per heavy atom. The Bertz CT molecular complexity index is 442. The van der Waals surface area contributed by atoms with Crippen molar-refractivity contribution in [1.82, 2.24) is 10.3 Å². The number of amides is 1. The van der Waals surface area contributed by atoms with Crippen LogP contribution in [-0.2, 0) is 0 Å². The van der Waals surface area contributed by atoms with Crippen LogP contribution in [0.2, 0.25) is 0 Å². The molecule has 1 aliphatic rings. The quantitative estimate of drug-likeness (QED) is 0.839. The van der Waals surface area contributed by atoms with Crippen LogP contribution in [0.4, 0.5) is 5.82 Å². The number of rotatable bonds is 5. The fourth-order valence-corrected chi connectivity index (χ4v) is 2.07. The van der Waals surface area contributed by atoms with Crippen LogP contribution >= 0.6 is 0 Å². The summed E-state index contributed by atoms with van der Waals surface area (Å²) in [5.74, 6) is 1.27. The highest BCUT2D eigenvalue weighted by Crippen LogP contribution is 2.50. The molecule has 1 saturated carbocycles. The highest BCUT2D eigenvalue weighted by atomic mass is 16.1. The molecule has 1 aliphatic carbocycles. The highest BCUT2D eigenvalue weighted by molar-refractivity contribution is 5.92. The van der Waals surface area contributed by atoms with Gasteiger partial charge in [0.1, 0.15) is 11.5 Å². The molecule has 0 bridgehead atoms. The molecule has 2 rings (SSSR count).